The van der Waals surface area contributed by atoms with E-state index in [1.54, 1.807) is 13.4 Å². The van der Waals surface area contributed by atoms with Gasteiger partial charge in [0.25, 0.3) is 0 Å². The highest BCUT2D eigenvalue weighted by atomic mass is 79.9. The lowest BCUT2D eigenvalue weighted by molar-refractivity contribution is 0.414. The van der Waals surface area contributed by atoms with Gasteiger partial charge < -0.3 is 14.5 Å². The summed E-state index contributed by atoms with van der Waals surface area (Å²) in [7, 11) is 1.65. The van der Waals surface area contributed by atoms with E-state index in [0.717, 1.165) is 21.6 Å². The van der Waals surface area contributed by atoms with Crippen LogP contribution >= 0.6 is 15.9 Å². The van der Waals surface area contributed by atoms with Crippen molar-refractivity contribution in [1.29, 1.82) is 0 Å². The summed E-state index contributed by atoms with van der Waals surface area (Å²) in [6.07, 6.45) is 1.67. The highest BCUT2D eigenvalue weighted by Gasteiger charge is 2.11. The van der Waals surface area contributed by atoms with Gasteiger partial charge in [-0.25, -0.2) is 4.98 Å². The maximum absolute atomic E-state index is 5.21. The number of hydrogen-bond donors (Lipinski definition) is 1. The van der Waals surface area contributed by atoms with E-state index in [-0.39, 0.29) is 6.04 Å². The molecular formula is C13H15BrN2O2. The first-order valence-corrected chi connectivity index (χ1v) is 6.41. The lowest BCUT2D eigenvalue weighted by Crippen LogP contribution is -2.07. The average molecular weight is 311 g/mol. The fraction of sp³-hybridized carbons (Fsp3) is 0.308. The largest absolute Gasteiger partial charge is 0.497 e. The summed E-state index contributed by atoms with van der Waals surface area (Å²) in [6, 6.07) is 5.87. The molecule has 0 bridgehead atoms. The number of aromatic nitrogens is 1. The first-order valence-electron chi connectivity index (χ1n) is 5.62. The minimum absolute atomic E-state index is 0.0761. The quantitative estimate of drug-likeness (QED) is 0.929. The van der Waals surface area contributed by atoms with Gasteiger partial charge in [-0.05, 0) is 41.1 Å². The first kappa shape index (κ1) is 13.0. The van der Waals surface area contributed by atoms with Crippen LogP contribution in [-0.2, 0) is 0 Å². The minimum Gasteiger partial charge on any atom is -0.497 e. The highest BCUT2D eigenvalue weighted by Crippen LogP contribution is 2.29. The van der Waals surface area contributed by atoms with Crippen LogP contribution in [0.3, 0.4) is 0 Å². The zero-order valence-corrected chi connectivity index (χ0v) is 12.1. The van der Waals surface area contributed by atoms with E-state index in [1.165, 1.54) is 0 Å². The van der Waals surface area contributed by atoms with Crippen molar-refractivity contribution in [2.24, 2.45) is 0 Å². The molecule has 1 atom stereocenters. The highest BCUT2D eigenvalue weighted by molar-refractivity contribution is 9.10. The Bertz CT molecular complexity index is 540. The van der Waals surface area contributed by atoms with Gasteiger partial charge in [0.1, 0.15) is 17.7 Å². The van der Waals surface area contributed by atoms with Crippen LogP contribution in [-0.4, -0.2) is 12.1 Å². The number of methoxy groups -OCH3 is 1. The van der Waals surface area contributed by atoms with Crippen molar-refractivity contribution in [2.75, 3.05) is 12.4 Å². The summed E-state index contributed by atoms with van der Waals surface area (Å²) < 4.78 is 11.3. The van der Waals surface area contributed by atoms with Gasteiger partial charge in [0.05, 0.1) is 13.2 Å². The van der Waals surface area contributed by atoms with E-state index in [1.807, 2.05) is 32.0 Å². The molecule has 0 saturated carbocycles. The maximum Gasteiger partial charge on any atom is 0.191 e. The van der Waals surface area contributed by atoms with E-state index in [9.17, 15) is 0 Å². The molecule has 1 aromatic carbocycles. The Morgan fingerprint density at radius 3 is 2.78 bits per heavy atom. The van der Waals surface area contributed by atoms with Crippen LogP contribution in [0.5, 0.6) is 5.75 Å². The van der Waals surface area contributed by atoms with Crippen LogP contribution < -0.4 is 10.1 Å². The summed E-state index contributed by atoms with van der Waals surface area (Å²) in [5.41, 5.74) is 1.87. The van der Waals surface area contributed by atoms with Gasteiger partial charge in [0, 0.05) is 17.1 Å². The smallest absolute Gasteiger partial charge is 0.191 e. The van der Waals surface area contributed by atoms with Gasteiger partial charge >= 0.3 is 0 Å². The lowest BCUT2D eigenvalue weighted by atomic mass is 10.2. The Morgan fingerprint density at radius 1 is 1.44 bits per heavy atom. The Labute approximate surface area is 114 Å². The molecule has 0 unspecified atom stereocenters. The van der Waals surface area contributed by atoms with Crippen molar-refractivity contribution in [3.63, 3.8) is 0 Å². The zero-order chi connectivity index (χ0) is 13.1. The molecule has 0 spiro atoms. The average Bonchev–Trinajstić information content (AvgIpc) is 2.78. The maximum atomic E-state index is 5.21. The Balaban J connectivity index is 2.14. The number of nitrogens with one attached hydrogen (secondary N) is 1. The van der Waals surface area contributed by atoms with Crippen molar-refractivity contribution in [3.8, 4) is 5.75 Å². The summed E-state index contributed by atoms with van der Waals surface area (Å²) in [5, 5.41) is 3.37. The molecule has 2 rings (SSSR count). The Morgan fingerprint density at radius 2 is 2.22 bits per heavy atom. The number of halogens is 1. The fourth-order valence-corrected chi connectivity index (χ4v) is 2.10. The summed E-state index contributed by atoms with van der Waals surface area (Å²) in [5.74, 6) is 1.49. The topological polar surface area (TPSA) is 47.3 Å². The molecule has 18 heavy (non-hydrogen) atoms. The molecule has 0 radical (unpaired) electrons. The van der Waals surface area contributed by atoms with Crippen LogP contribution in [0.15, 0.2) is 33.4 Å². The Kier molecular flexibility index (Phi) is 3.91. The van der Waals surface area contributed by atoms with Gasteiger partial charge in [-0.2, -0.15) is 0 Å². The lowest BCUT2D eigenvalue weighted by Gasteiger charge is -2.14. The molecule has 1 aromatic heterocycles. The molecule has 0 amide bonds. The third kappa shape index (κ3) is 2.85. The third-order valence-electron chi connectivity index (χ3n) is 2.63. The second-order valence-corrected chi connectivity index (χ2v) is 4.86. The number of oxazole rings is 1. The van der Waals surface area contributed by atoms with E-state index in [0.29, 0.717) is 5.89 Å². The van der Waals surface area contributed by atoms with Crippen molar-refractivity contribution < 1.29 is 9.15 Å². The van der Waals surface area contributed by atoms with E-state index in [4.69, 9.17) is 9.15 Å². The van der Waals surface area contributed by atoms with Crippen LogP contribution in [0.2, 0.25) is 0 Å². The van der Waals surface area contributed by atoms with Crippen molar-refractivity contribution in [3.05, 3.63) is 40.5 Å². The molecular weight excluding hydrogens is 296 g/mol. The van der Waals surface area contributed by atoms with Crippen LogP contribution in [0.25, 0.3) is 0 Å². The van der Waals surface area contributed by atoms with Crippen LogP contribution in [0, 0.1) is 6.92 Å². The Hall–Kier alpha value is -1.49. The second kappa shape index (κ2) is 5.44. The molecule has 0 aliphatic heterocycles. The molecule has 5 heteroatoms. The van der Waals surface area contributed by atoms with Crippen molar-refractivity contribution in [1.82, 2.24) is 4.98 Å². The number of anilines is 1. The third-order valence-corrected chi connectivity index (χ3v) is 3.28. The minimum atomic E-state index is 0.0761. The van der Waals surface area contributed by atoms with Crippen LogP contribution in [0.4, 0.5) is 5.69 Å². The van der Waals surface area contributed by atoms with E-state index < -0.39 is 0 Å². The second-order valence-electron chi connectivity index (χ2n) is 4.00. The summed E-state index contributed by atoms with van der Waals surface area (Å²) in [6.45, 7) is 3.87. The summed E-state index contributed by atoms with van der Waals surface area (Å²) in [4.78, 5) is 4.30. The molecule has 96 valence electrons. The van der Waals surface area contributed by atoms with Crippen LogP contribution in [0.1, 0.15) is 24.6 Å². The zero-order valence-electron chi connectivity index (χ0n) is 10.5. The van der Waals surface area contributed by atoms with E-state index in [2.05, 4.69) is 26.2 Å². The van der Waals surface area contributed by atoms with Crippen molar-refractivity contribution in [2.45, 2.75) is 19.9 Å². The molecule has 2 aromatic rings. The van der Waals surface area contributed by atoms with Gasteiger partial charge in [0.15, 0.2) is 5.89 Å². The molecule has 0 saturated heterocycles. The van der Waals surface area contributed by atoms with Gasteiger partial charge in [0.2, 0.25) is 0 Å². The normalized spacial score (nSPS) is 12.2. The van der Waals surface area contributed by atoms with Gasteiger partial charge in [-0.1, -0.05) is 0 Å². The molecule has 0 aliphatic carbocycles. The number of hydrogen-bond acceptors (Lipinski definition) is 4. The van der Waals surface area contributed by atoms with Gasteiger partial charge in [-0.15, -0.1) is 0 Å². The first-order chi connectivity index (χ1) is 8.60. The summed E-state index contributed by atoms with van der Waals surface area (Å²) >= 11 is 3.51. The standard InChI is InChI=1S/C13H15BrN2O2/c1-8(13-7-18-9(2)16-13)15-12-5-4-10(17-3)6-11(12)14/h4-8,15H,1-3H3/t8-/m1/s1. The monoisotopic (exact) mass is 310 g/mol. The fourth-order valence-electron chi connectivity index (χ4n) is 1.63. The number of rotatable bonds is 4. The number of nitrogens with zero attached hydrogens (tertiary/aromatic N) is 1. The SMILES string of the molecule is COc1ccc(N[C@H](C)c2coc(C)n2)c(Br)c1. The van der Waals surface area contributed by atoms with Gasteiger partial charge in [-0.3, -0.25) is 0 Å². The molecule has 0 aliphatic rings. The van der Waals surface area contributed by atoms with Crippen molar-refractivity contribution >= 4 is 21.6 Å². The predicted octanol–water partition coefficient (Wildman–Crippen LogP) is 3.93. The number of aryl methyl sites for hydroxylation is 1. The molecule has 0 fully saturated rings. The number of benzene rings is 1. The molecule has 1 N–H and O–H groups in total. The van der Waals surface area contributed by atoms with E-state index >= 15 is 0 Å². The molecule has 1 heterocycles. The number of ether oxygens (including phenoxy) is 1. The molecule has 4 nitrogen and oxygen atoms in total. The predicted molar refractivity (Wildman–Crippen MR) is 74.0 cm³/mol.